The third-order valence-electron chi connectivity index (χ3n) is 3.64. The zero-order valence-electron chi connectivity index (χ0n) is 11.9. The van der Waals surface area contributed by atoms with Gasteiger partial charge in [0.2, 0.25) is 0 Å². The molecule has 1 aromatic carbocycles. The lowest BCUT2D eigenvalue weighted by molar-refractivity contribution is 0.0693. The number of carboxylic acid groups (broad SMARTS) is 1. The molecule has 0 aliphatic carbocycles. The van der Waals surface area contributed by atoms with Gasteiger partial charge in [0.05, 0.1) is 17.8 Å². The summed E-state index contributed by atoms with van der Waals surface area (Å²) in [6, 6.07) is 3.94. The molecular weight excluding hydrogens is 294 g/mol. The molecule has 1 N–H and O–H groups in total. The van der Waals surface area contributed by atoms with Crippen LogP contribution in [0.15, 0.2) is 23.1 Å². The van der Waals surface area contributed by atoms with Crippen molar-refractivity contribution in [1.82, 2.24) is 4.90 Å². The Morgan fingerprint density at radius 1 is 1.33 bits per heavy atom. The molecule has 1 aliphatic rings. The number of carbonyl (C=O) groups is 1. The van der Waals surface area contributed by atoms with Crippen LogP contribution in [0.2, 0.25) is 0 Å². The van der Waals surface area contributed by atoms with Crippen molar-refractivity contribution in [2.45, 2.75) is 17.7 Å². The van der Waals surface area contributed by atoms with Crippen LogP contribution in [0.1, 0.15) is 23.2 Å². The van der Waals surface area contributed by atoms with Crippen LogP contribution in [0, 0.1) is 0 Å². The van der Waals surface area contributed by atoms with Gasteiger partial charge in [-0.25, -0.2) is 13.2 Å². The molecule has 1 aromatic rings. The first-order valence-electron chi connectivity index (χ1n) is 6.80. The first-order chi connectivity index (χ1) is 9.94. The van der Waals surface area contributed by atoms with Crippen LogP contribution in [0.4, 0.5) is 0 Å². The molecule has 0 radical (unpaired) electrons. The Hall–Kier alpha value is -1.60. The molecule has 0 unspecified atom stereocenters. The minimum Gasteiger partial charge on any atom is -0.496 e. The van der Waals surface area contributed by atoms with Gasteiger partial charge >= 0.3 is 5.97 Å². The summed E-state index contributed by atoms with van der Waals surface area (Å²) in [6.07, 6.45) is 2.21. The van der Waals surface area contributed by atoms with Gasteiger partial charge in [-0.3, -0.25) is 0 Å². The molecule has 1 aliphatic heterocycles. The topological polar surface area (TPSA) is 83.9 Å². The van der Waals surface area contributed by atoms with E-state index in [1.165, 1.54) is 25.3 Å². The Balaban J connectivity index is 2.18. The minimum atomic E-state index is -3.49. The third kappa shape index (κ3) is 3.74. The average Bonchev–Trinajstić information content (AvgIpc) is 2.97. The van der Waals surface area contributed by atoms with Gasteiger partial charge in [0.15, 0.2) is 9.84 Å². The van der Waals surface area contributed by atoms with Gasteiger partial charge in [-0.1, -0.05) is 0 Å². The minimum absolute atomic E-state index is 0.00160. The van der Waals surface area contributed by atoms with Gasteiger partial charge in [0, 0.05) is 6.54 Å². The fraction of sp³-hybridized carbons (Fsp3) is 0.500. The van der Waals surface area contributed by atoms with Gasteiger partial charge in [-0.15, -0.1) is 0 Å². The van der Waals surface area contributed by atoms with Crippen LogP contribution in [0.25, 0.3) is 0 Å². The molecule has 116 valence electrons. The van der Waals surface area contributed by atoms with Crippen molar-refractivity contribution in [3.8, 4) is 5.75 Å². The van der Waals surface area contributed by atoms with Crippen LogP contribution < -0.4 is 4.74 Å². The number of benzene rings is 1. The lowest BCUT2D eigenvalue weighted by Crippen LogP contribution is -2.26. The fourth-order valence-electron chi connectivity index (χ4n) is 2.42. The second-order valence-corrected chi connectivity index (χ2v) is 7.14. The number of ether oxygens (including phenoxy) is 1. The van der Waals surface area contributed by atoms with Crippen LogP contribution in [0.3, 0.4) is 0 Å². The van der Waals surface area contributed by atoms with E-state index in [4.69, 9.17) is 9.84 Å². The molecule has 21 heavy (non-hydrogen) atoms. The van der Waals surface area contributed by atoms with Gasteiger partial charge in [0.25, 0.3) is 0 Å². The molecule has 2 rings (SSSR count). The summed E-state index contributed by atoms with van der Waals surface area (Å²) in [5, 5.41) is 9.11. The van der Waals surface area contributed by atoms with E-state index in [0.717, 1.165) is 25.9 Å². The quantitative estimate of drug-likeness (QED) is 0.851. The van der Waals surface area contributed by atoms with Crippen molar-refractivity contribution in [3.05, 3.63) is 23.8 Å². The lowest BCUT2D eigenvalue weighted by atomic mass is 10.2. The predicted molar refractivity (Wildman–Crippen MR) is 77.7 cm³/mol. The molecule has 0 amide bonds. The van der Waals surface area contributed by atoms with Crippen molar-refractivity contribution in [2.75, 3.05) is 32.5 Å². The Labute approximate surface area is 124 Å². The third-order valence-corrected chi connectivity index (χ3v) is 5.33. The highest BCUT2D eigenvalue weighted by Crippen LogP contribution is 2.23. The summed E-state index contributed by atoms with van der Waals surface area (Å²) in [4.78, 5) is 13.3. The Bertz CT molecular complexity index is 620. The van der Waals surface area contributed by atoms with Crippen molar-refractivity contribution in [1.29, 1.82) is 0 Å². The van der Waals surface area contributed by atoms with Crippen LogP contribution in [-0.2, 0) is 9.84 Å². The van der Waals surface area contributed by atoms with Crippen LogP contribution in [-0.4, -0.2) is 56.9 Å². The molecule has 1 fully saturated rings. The molecule has 0 atom stereocenters. The molecule has 0 aromatic heterocycles. The number of methoxy groups -OCH3 is 1. The van der Waals surface area contributed by atoms with E-state index >= 15 is 0 Å². The second-order valence-electron chi connectivity index (χ2n) is 5.03. The molecule has 0 bridgehead atoms. The van der Waals surface area contributed by atoms with Crippen molar-refractivity contribution < 1.29 is 23.1 Å². The second kappa shape index (κ2) is 6.44. The smallest absolute Gasteiger partial charge is 0.339 e. The maximum Gasteiger partial charge on any atom is 0.339 e. The van der Waals surface area contributed by atoms with Crippen molar-refractivity contribution in [2.24, 2.45) is 0 Å². The Morgan fingerprint density at radius 2 is 2.00 bits per heavy atom. The molecule has 1 heterocycles. The summed E-state index contributed by atoms with van der Waals surface area (Å²) in [5.41, 5.74) is -0.139. The number of nitrogens with zero attached hydrogens (tertiary/aromatic N) is 1. The zero-order chi connectivity index (χ0) is 15.5. The lowest BCUT2D eigenvalue weighted by Gasteiger charge is -2.14. The normalized spacial score (nSPS) is 16.0. The van der Waals surface area contributed by atoms with E-state index in [0.29, 0.717) is 6.54 Å². The number of carboxylic acids is 1. The Morgan fingerprint density at radius 3 is 2.57 bits per heavy atom. The van der Waals surface area contributed by atoms with E-state index < -0.39 is 15.8 Å². The van der Waals surface area contributed by atoms with E-state index in [1.807, 2.05) is 0 Å². The molecule has 6 nitrogen and oxygen atoms in total. The predicted octanol–water partition coefficient (Wildman–Crippen LogP) is 1.26. The maximum absolute atomic E-state index is 12.3. The summed E-state index contributed by atoms with van der Waals surface area (Å²) in [6.45, 7) is 2.34. The first-order valence-corrected chi connectivity index (χ1v) is 8.46. The van der Waals surface area contributed by atoms with Gasteiger partial charge in [-0.05, 0) is 44.1 Å². The van der Waals surface area contributed by atoms with E-state index in [-0.39, 0.29) is 22.0 Å². The summed E-state index contributed by atoms with van der Waals surface area (Å²) in [5.74, 6) is -1.05. The van der Waals surface area contributed by atoms with Gasteiger partial charge in [-0.2, -0.15) is 0 Å². The van der Waals surface area contributed by atoms with Crippen molar-refractivity contribution in [3.63, 3.8) is 0 Å². The average molecular weight is 313 g/mol. The maximum atomic E-state index is 12.3. The number of sulfone groups is 1. The SMILES string of the molecule is COc1ccc(S(=O)(=O)CCN2CCCC2)cc1C(=O)O. The highest BCUT2D eigenvalue weighted by atomic mass is 32.2. The number of rotatable bonds is 6. The highest BCUT2D eigenvalue weighted by molar-refractivity contribution is 7.91. The van der Waals surface area contributed by atoms with Crippen molar-refractivity contribution >= 4 is 15.8 Å². The van der Waals surface area contributed by atoms with Gasteiger partial charge in [0.1, 0.15) is 11.3 Å². The number of hydrogen-bond acceptors (Lipinski definition) is 5. The molecular formula is C14H19NO5S. The zero-order valence-corrected chi connectivity index (χ0v) is 12.7. The van der Waals surface area contributed by atoms with Gasteiger partial charge < -0.3 is 14.7 Å². The number of likely N-dealkylation sites (tertiary alicyclic amines) is 1. The first kappa shape index (κ1) is 15.8. The van der Waals surface area contributed by atoms with Crippen LogP contribution in [0.5, 0.6) is 5.75 Å². The van der Waals surface area contributed by atoms with E-state index in [2.05, 4.69) is 4.90 Å². The molecule has 0 spiro atoms. The molecule has 0 saturated carbocycles. The molecule has 7 heteroatoms. The van der Waals surface area contributed by atoms with E-state index in [9.17, 15) is 13.2 Å². The molecule has 1 saturated heterocycles. The monoisotopic (exact) mass is 313 g/mol. The highest BCUT2D eigenvalue weighted by Gasteiger charge is 2.21. The van der Waals surface area contributed by atoms with E-state index in [1.54, 1.807) is 0 Å². The number of hydrogen-bond donors (Lipinski definition) is 1. The number of aromatic carboxylic acids is 1. The standard InChI is InChI=1S/C14H19NO5S/c1-20-13-5-4-11(10-12(13)14(16)17)21(18,19)9-8-15-6-2-3-7-15/h4-5,10H,2-3,6-9H2,1H3,(H,16,17). The van der Waals surface area contributed by atoms with Crippen LogP contribution >= 0.6 is 0 Å². The fourth-order valence-corrected chi connectivity index (χ4v) is 3.73. The summed E-state index contributed by atoms with van der Waals surface area (Å²) >= 11 is 0. The summed E-state index contributed by atoms with van der Waals surface area (Å²) in [7, 11) is -2.14. The summed E-state index contributed by atoms with van der Waals surface area (Å²) < 4.78 is 29.5. The largest absolute Gasteiger partial charge is 0.496 e. The Kier molecular flexibility index (Phi) is 4.84.